The predicted molar refractivity (Wildman–Crippen MR) is 111 cm³/mol. The number of carbonyl (C=O) groups excluding carboxylic acids is 1. The van der Waals surface area contributed by atoms with Crippen molar-refractivity contribution in [1.29, 1.82) is 0 Å². The lowest BCUT2D eigenvalue weighted by Crippen LogP contribution is -2.27. The number of halogens is 2. The van der Waals surface area contributed by atoms with Gasteiger partial charge in [-0.1, -0.05) is 35.3 Å². The monoisotopic (exact) mass is 419 g/mol. The number of amides is 1. The zero-order valence-electron chi connectivity index (χ0n) is 16.4. The summed E-state index contributed by atoms with van der Waals surface area (Å²) >= 11 is 12.4. The number of nitrogens with zero attached hydrogens (tertiary/aromatic N) is 5. The molecule has 0 aliphatic carbocycles. The van der Waals surface area contributed by atoms with Crippen molar-refractivity contribution in [2.75, 3.05) is 7.05 Å². The molecule has 0 fully saturated rings. The van der Waals surface area contributed by atoms with Gasteiger partial charge < -0.3 is 4.90 Å². The van der Waals surface area contributed by atoms with Gasteiger partial charge in [-0.15, -0.1) is 0 Å². The molecule has 3 aromatic rings. The molecule has 0 N–H and O–H groups in total. The molecule has 0 saturated heterocycles. The molecule has 0 aliphatic rings. The fraction of sp³-hybridized carbons (Fsp3) is 0.350. The van der Waals surface area contributed by atoms with Gasteiger partial charge in [0.15, 0.2) is 0 Å². The number of hydrogen-bond acceptors (Lipinski definition) is 3. The normalized spacial score (nSPS) is 11.1. The van der Waals surface area contributed by atoms with Gasteiger partial charge in [0, 0.05) is 19.2 Å². The average molecular weight is 420 g/mol. The highest BCUT2D eigenvalue weighted by Gasteiger charge is 2.17. The molecule has 8 heteroatoms. The maximum atomic E-state index is 12.8. The van der Waals surface area contributed by atoms with Crippen LogP contribution in [0.3, 0.4) is 0 Å². The van der Waals surface area contributed by atoms with E-state index < -0.39 is 0 Å². The van der Waals surface area contributed by atoms with Gasteiger partial charge in [0.2, 0.25) is 0 Å². The van der Waals surface area contributed by atoms with Crippen molar-refractivity contribution in [2.24, 2.45) is 0 Å². The Kier molecular flexibility index (Phi) is 6.10. The lowest BCUT2D eigenvalue weighted by Gasteiger charge is -2.18. The van der Waals surface area contributed by atoms with Gasteiger partial charge in [-0.2, -0.15) is 10.2 Å². The van der Waals surface area contributed by atoms with E-state index in [0.29, 0.717) is 35.2 Å². The van der Waals surface area contributed by atoms with E-state index in [1.165, 1.54) is 0 Å². The SMILES string of the molecule is CCn1ncc(Cl)c1CN(C)C(=O)c1ccc(Cn2nc(C)c(Cl)c2C)cc1. The predicted octanol–water partition coefficient (Wildman–Crippen LogP) is 4.34. The summed E-state index contributed by atoms with van der Waals surface area (Å²) in [6.07, 6.45) is 1.61. The third-order valence-corrected chi connectivity index (χ3v) is 5.62. The van der Waals surface area contributed by atoms with Crippen LogP contribution in [0.15, 0.2) is 30.5 Å². The number of benzene rings is 1. The Labute approximate surface area is 174 Å². The van der Waals surface area contributed by atoms with Crippen LogP contribution in [0.25, 0.3) is 0 Å². The third-order valence-electron chi connectivity index (χ3n) is 4.76. The largest absolute Gasteiger partial charge is 0.336 e. The van der Waals surface area contributed by atoms with Crippen LogP contribution in [0, 0.1) is 13.8 Å². The maximum Gasteiger partial charge on any atom is 0.253 e. The van der Waals surface area contributed by atoms with Crippen LogP contribution in [0.4, 0.5) is 0 Å². The van der Waals surface area contributed by atoms with Gasteiger partial charge in [0.05, 0.1) is 46.4 Å². The molecular formula is C20H23Cl2N5O. The van der Waals surface area contributed by atoms with E-state index in [2.05, 4.69) is 10.2 Å². The number of rotatable bonds is 6. The lowest BCUT2D eigenvalue weighted by atomic mass is 10.1. The number of aryl methyl sites for hydroxylation is 2. The van der Waals surface area contributed by atoms with Crippen LogP contribution in [-0.2, 0) is 19.6 Å². The third kappa shape index (κ3) is 4.08. The van der Waals surface area contributed by atoms with Crippen LogP contribution in [0.1, 0.15) is 39.9 Å². The summed E-state index contributed by atoms with van der Waals surface area (Å²) in [6, 6.07) is 7.55. The minimum absolute atomic E-state index is 0.0689. The molecule has 1 amide bonds. The first-order valence-electron chi connectivity index (χ1n) is 9.05. The zero-order valence-corrected chi connectivity index (χ0v) is 17.9. The minimum atomic E-state index is -0.0689. The Morgan fingerprint density at radius 1 is 1.14 bits per heavy atom. The van der Waals surface area contributed by atoms with E-state index in [4.69, 9.17) is 23.2 Å². The summed E-state index contributed by atoms with van der Waals surface area (Å²) in [7, 11) is 1.76. The summed E-state index contributed by atoms with van der Waals surface area (Å²) < 4.78 is 3.67. The summed E-state index contributed by atoms with van der Waals surface area (Å²) in [5.74, 6) is -0.0689. The fourth-order valence-electron chi connectivity index (χ4n) is 3.09. The van der Waals surface area contributed by atoms with Crippen molar-refractivity contribution in [3.63, 3.8) is 0 Å². The highest BCUT2D eigenvalue weighted by atomic mass is 35.5. The Bertz CT molecular complexity index is 991. The molecule has 0 unspecified atom stereocenters. The van der Waals surface area contributed by atoms with Crippen LogP contribution in [0.2, 0.25) is 10.0 Å². The average Bonchev–Trinajstić information content (AvgIpc) is 3.16. The molecule has 0 aliphatic heterocycles. The molecule has 0 spiro atoms. The Morgan fingerprint density at radius 2 is 1.82 bits per heavy atom. The molecule has 0 bridgehead atoms. The zero-order chi connectivity index (χ0) is 20.4. The van der Waals surface area contributed by atoms with Gasteiger partial charge in [0.1, 0.15) is 0 Å². The second-order valence-electron chi connectivity index (χ2n) is 6.76. The van der Waals surface area contributed by atoms with Crippen LogP contribution in [-0.4, -0.2) is 37.4 Å². The van der Waals surface area contributed by atoms with Crippen LogP contribution < -0.4 is 0 Å². The van der Waals surface area contributed by atoms with Crippen LogP contribution in [0.5, 0.6) is 0 Å². The topological polar surface area (TPSA) is 56.0 Å². The molecule has 3 rings (SSSR count). The molecule has 28 heavy (non-hydrogen) atoms. The van der Waals surface area contributed by atoms with E-state index in [9.17, 15) is 4.79 Å². The molecule has 0 atom stereocenters. The molecule has 2 heterocycles. The van der Waals surface area contributed by atoms with Gasteiger partial charge in [0.25, 0.3) is 5.91 Å². The standard InChI is InChI=1S/C20H23Cl2N5O/c1-5-26-18(17(21)10-23-26)12-25(4)20(28)16-8-6-15(7-9-16)11-27-14(3)19(22)13(2)24-27/h6-10H,5,11-12H2,1-4H3. The Hall–Kier alpha value is -2.31. The van der Waals surface area contributed by atoms with E-state index in [0.717, 1.165) is 22.6 Å². The summed E-state index contributed by atoms with van der Waals surface area (Å²) in [5, 5.41) is 9.92. The molecule has 6 nitrogen and oxygen atoms in total. The molecular weight excluding hydrogens is 397 g/mol. The molecule has 0 radical (unpaired) electrons. The number of aromatic nitrogens is 4. The molecule has 1 aromatic carbocycles. The van der Waals surface area contributed by atoms with E-state index in [1.54, 1.807) is 22.8 Å². The highest BCUT2D eigenvalue weighted by Crippen LogP contribution is 2.21. The van der Waals surface area contributed by atoms with Gasteiger partial charge in [-0.05, 0) is 38.5 Å². The van der Waals surface area contributed by atoms with Crippen LogP contribution >= 0.6 is 23.2 Å². The summed E-state index contributed by atoms with van der Waals surface area (Å²) in [6.45, 7) is 7.53. The first kappa shape index (κ1) is 20.4. The van der Waals surface area contributed by atoms with E-state index in [-0.39, 0.29) is 5.91 Å². The second-order valence-corrected chi connectivity index (χ2v) is 7.54. The van der Waals surface area contributed by atoms with E-state index in [1.807, 2.05) is 49.7 Å². The summed E-state index contributed by atoms with van der Waals surface area (Å²) in [5.41, 5.74) is 4.25. The highest BCUT2D eigenvalue weighted by molar-refractivity contribution is 6.31. The first-order valence-corrected chi connectivity index (χ1v) is 9.81. The second kappa shape index (κ2) is 8.37. The molecule has 2 aromatic heterocycles. The number of hydrogen-bond donors (Lipinski definition) is 0. The quantitative estimate of drug-likeness (QED) is 0.596. The lowest BCUT2D eigenvalue weighted by molar-refractivity contribution is 0.0781. The van der Waals surface area contributed by atoms with Crippen molar-refractivity contribution in [2.45, 2.75) is 40.4 Å². The van der Waals surface area contributed by atoms with Crippen molar-refractivity contribution in [3.8, 4) is 0 Å². The van der Waals surface area contributed by atoms with E-state index >= 15 is 0 Å². The fourth-order valence-corrected chi connectivity index (χ4v) is 3.43. The van der Waals surface area contributed by atoms with Crippen molar-refractivity contribution < 1.29 is 4.79 Å². The van der Waals surface area contributed by atoms with Gasteiger partial charge in [-0.3, -0.25) is 14.2 Å². The smallest absolute Gasteiger partial charge is 0.253 e. The molecule has 0 saturated carbocycles. The Morgan fingerprint density at radius 3 is 2.39 bits per heavy atom. The summed E-state index contributed by atoms with van der Waals surface area (Å²) in [4.78, 5) is 14.4. The van der Waals surface area contributed by atoms with Crippen molar-refractivity contribution >= 4 is 29.1 Å². The minimum Gasteiger partial charge on any atom is -0.336 e. The molecule has 148 valence electrons. The van der Waals surface area contributed by atoms with Crippen molar-refractivity contribution in [1.82, 2.24) is 24.5 Å². The van der Waals surface area contributed by atoms with Gasteiger partial charge >= 0.3 is 0 Å². The van der Waals surface area contributed by atoms with Gasteiger partial charge in [-0.25, -0.2) is 0 Å². The van der Waals surface area contributed by atoms with Crippen molar-refractivity contribution in [3.05, 3.63) is 68.7 Å². The maximum absolute atomic E-state index is 12.8. The first-order chi connectivity index (χ1) is 13.3. The number of carbonyl (C=O) groups is 1. The Balaban J connectivity index is 1.70.